The zero-order valence-electron chi connectivity index (χ0n) is 23.3. The van der Waals surface area contributed by atoms with Crippen LogP contribution in [0.2, 0.25) is 18.1 Å². The Hall–Kier alpha value is -2.47. The van der Waals surface area contributed by atoms with E-state index < -0.39 is 50.9 Å². The molecule has 1 heterocycles. The lowest BCUT2D eigenvalue weighted by Gasteiger charge is -2.49. The van der Waals surface area contributed by atoms with Crippen LogP contribution in [0.15, 0.2) is 35.4 Å². The van der Waals surface area contributed by atoms with Crippen molar-refractivity contribution in [3.8, 4) is 0 Å². The molecule has 0 radical (unpaired) electrons. The van der Waals surface area contributed by atoms with Crippen LogP contribution in [-0.2, 0) is 39.6 Å². The number of benzene rings is 1. The van der Waals surface area contributed by atoms with Gasteiger partial charge in [0.05, 0.1) is 19.1 Å². The zero-order chi connectivity index (χ0) is 28.5. The molecule has 38 heavy (non-hydrogen) atoms. The molecule has 1 aromatic carbocycles. The lowest BCUT2D eigenvalue weighted by atomic mass is 9.97. The Morgan fingerprint density at radius 3 is 2.45 bits per heavy atom. The third kappa shape index (κ3) is 8.52. The largest absolute Gasteiger partial charge is 0.465 e. The van der Waals surface area contributed by atoms with E-state index in [-0.39, 0.29) is 31.3 Å². The van der Waals surface area contributed by atoms with Crippen LogP contribution in [0.4, 0.5) is 0 Å². The van der Waals surface area contributed by atoms with Crippen molar-refractivity contribution >= 4 is 20.3 Å². The number of ether oxygens (including phenoxy) is 4. The summed E-state index contributed by atoms with van der Waals surface area (Å²) in [5.74, 6) is -0.813. The van der Waals surface area contributed by atoms with Crippen molar-refractivity contribution < 1.29 is 38.1 Å². The molecule has 0 aromatic heterocycles. The van der Waals surface area contributed by atoms with E-state index in [0.29, 0.717) is 5.92 Å². The summed E-state index contributed by atoms with van der Waals surface area (Å²) in [5.41, 5.74) is 10.2. The molecule has 1 aromatic rings. The summed E-state index contributed by atoms with van der Waals surface area (Å²) in [5, 5.41) is 14.9. The number of carbonyl (C=O) groups excluding carboxylic acids is 2. The number of azide groups is 1. The standard InChI is InChI=1S/C26H41N3O8Si/c1-17(2)26(4,5)38(6,7)37-25-22(28-29-27)24(35-15-19-11-9-8-10-12-19)23(32)20(36-25)16-34-21(31)13-14-33-18(3)30/h8-12,17,20,22-25,32H,13-16H2,1-7H3. The van der Waals surface area contributed by atoms with E-state index in [1.54, 1.807) is 0 Å². The van der Waals surface area contributed by atoms with Gasteiger partial charge in [0.25, 0.3) is 0 Å². The number of nitrogens with zero attached hydrogens (tertiary/aromatic N) is 3. The highest BCUT2D eigenvalue weighted by molar-refractivity contribution is 6.74. The Balaban J connectivity index is 2.28. The molecule has 1 saturated heterocycles. The number of rotatable bonds is 13. The van der Waals surface area contributed by atoms with Crippen molar-refractivity contribution in [1.82, 2.24) is 0 Å². The molecule has 2 rings (SSSR count). The van der Waals surface area contributed by atoms with Crippen molar-refractivity contribution in [3.63, 3.8) is 0 Å². The molecule has 1 aliphatic rings. The van der Waals surface area contributed by atoms with Gasteiger partial charge in [0.2, 0.25) is 0 Å². The van der Waals surface area contributed by atoms with Crippen LogP contribution in [0.3, 0.4) is 0 Å². The number of hydrogen-bond acceptors (Lipinski definition) is 9. The first-order valence-electron chi connectivity index (χ1n) is 12.8. The van der Waals surface area contributed by atoms with Crippen molar-refractivity contribution in [3.05, 3.63) is 46.3 Å². The Labute approximate surface area is 225 Å². The van der Waals surface area contributed by atoms with Crippen LogP contribution >= 0.6 is 0 Å². The monoisotopic (exact) mass is 551 g/mol. The molecule has 1 fully saturated rings. The predicted molar refractivity (Wildman–Crippen MR) is 142 cm³/mol. The fraction of sp³-hybridized carbons (Fsp3) is 0.692. The fourth-order valence-electron chi connectivity index (χ4n) is 3.94. The molecular weight excluding hydrogens is 510 g/mol. The van der Waals surface area contributed by atoms with Gasteiger partial charge < -0.3 is 28.5 Å². The van der Waals surface area contributed by atoms with Gasteiger partial charge in [0, 0.05) is 11.8 Å². The minimum atomic E-state index is -2.50. The van der Waals surface area contributed by atoms with Crippen molar-refractivity contribution in [2.45, 2.75) is 96.4 Å². The number of aliphatic hydroxyl groups is 1. The molecule has 0 bridgehead atoms. The lowest BCUT2D eigenvalue weighted by molar-refractivity contribution is -0.255. The third-order valence-corrected chi connectivity index (χ3v) is 12.0. The summed E-state index contributed by atoms with van der Waals surface area (Å²) in [6.07, 6.45) is -4.44. The van der Waals surface area contributed by atoms with Crippen LogP contribution in [-0.4, -0.2) is 69.2 Å². The van der Waals surface area contributed by atoms with Gasteiger partial charge in [-0.3, -0.25) is 9.59 Å². The summed E-state index contributed by atoms with van der Waals surface area (Å²) in [7, 11) is -2.50. The Morgan fingerprint density at radius 1 is 1.21 bits per heavy atom. The van der Waals surface area contributed by atoms with Crippen LogP contribution < -0.4 is 0 Å². The fourth-order valence-corrected chi connectivity index (χ4v) is 6.41. The van der Waals surface area contributed by atoms with Gasteiger partial charge in [-0.1, -0.05) is 63.1 Å². The van der Waals surface area contributed by atoms with Crippen LogP contribution in [0.1, 0.15) is 46.6 Å². The smallest absolute Gasteiger partial charge is 0.309 e. The molecule has 212 valence electrons. The van der Waals surface area contributed by atoms with Gasteiger partial charge >= 0.3 is 11.9 Å². The van der Waals surface area contributed by atoms with Crippen LogP contribution in [0.25, 0.3) is 10.4 Å². The van der Waals surface area contributed by atoms with Crippen molar-refractivity contribution in [2.24, 2.45) is 11.0 Å². The molecule has 1 N–H and O–H groups in total. The Kier molecular flexibility index (Phi) is 11.8. The number of aliphatic hydroxyl groups excluding tert-OH is 1. The highest BCUT2D eigenvalue weighted by Gasteiger charge is 2.51. The zero-order valence-corrected chi connectivity index (χ0v) is 24.3. The number of hydrogen-bond donors (Lipinski definition) is 1. The van der Waals surface area contributed by atoms with Gasteiger partial charge in [-0.15, -0.1) is 0 Å². The predicted octanol–water partition coefficient (Wildman–Crippen LogP) is 4.49. The van der Waals surface area contributed by atoms with Gasteiger partial charge in [-0.05, 0) is 35.1 Å². The van der Waals surface area contributed by atoms with Gasteiger partial charge in [-0.25, -0.2) is 0 Å². The second-order valence-corrected chi connectivity index (χ2v) is 15.3. The third-order valence-electron chi connectivity index (χ3n) is 7.54. The summed E-state index contributed by atoms with van der Waals surface area (Å²) < 4.78 is 28.9. The van der Waals surface area contributed by atoms with E-state index in [9.17, 15) is 20.2 Å². The maximum atomic E-state index is 12.2. The number of carbonyl (C=O) groups is 2. The molecule has 5 atom stereocenters. The average Bonchev–Trinajstić information content (AvgIpc) is 2.84. The molecule has 0 amide bonds. The highest BCUT2D eigenvalue weighted by Crippen LogP contribution is 2.46. The summed E-state index contributed by atoms with van der Waals surface area (Å²) >= 11 is 0. The topological polar surface area (TPSA) is 149 Å². The molecule has 0 saturated carbocycles. The second kappa shape index (κ2) is 14.1. The van der Waals surface area contributed by atoms with Crippen molar-refractivity contribution in [1.29, 1.82) is 0 Å². The first-order valence-corrected chi connectivity index (χ1v) is 15.7. The van der Waals surface area contributed by atoms with E-state index in [1.807, 2.05) is 30.3 Å². The molecule has 0 aliphatic carbocycles. The second-order valence-electron chi connectivity index (χ2n) is 10.8. The SMILES string of the molecule is CC(=O)OCCC(=O)OCC1OC(O[Si](C)(C)C(C)(C)C(C)C)C(N=[N+]=[N-])C(OCc2ccccc2)C1O. The van der Waals surface area contributed by atoms with Crippen LogP contribution in [0.5, 0.6) is 0 Å². The van der Waals surface area contributed by atoms with E-state index in [4.69, 9.17) is 23.4 Å². The van der Waals surface area contributed by atoms with E-state index >= 15 is 0 Å². The normalized spacial score (nSPS) is 24.0. The molecule has 1 aliphatic heterocycles. The molecule has 0 spiro atoms. The Morgan fingerprint density at radius 2 is 1.87 bits per heavy atom. The average molecular weight is 552 g/mol. The number of esters is 2. The minimum Gasteiger partial charge on any atom is -0.465 e. The first-order chi connectivity index (χ1) is 17.8. The summed E-state index contributed by atoms with van der Waals surface area (Å²) in [6.45, 7) is 13.7. The van der Waals surface area contributed by atoms with Gasteiger partial charge in [-0.2, -0.15) is 0 Å². The molecule has 12 heteroatoms. The maximum absolute atomic E-state index is 12.2. The summed E-state index contributed by atoms with van der Waals surface area (Å²) in [4.78, 5) is 26.1. The molecule has 5 unspecified atom stereocenters. The quantitative estimate of drug-likeness (QED) is 0.124. The lowest BCUT2D eigenvalue weighted by Crippen LogP contribution is -2.62. The van der Waals surface area contributed by atoms with Crippen LogP contribution in [0, 0.1) is 5.92 Å². The van der Waals surface area contributed by atoms with Gasteiger partial charge in [0.1, 0.15) is 31.5 Å². The van der Waals surface area contributed by atoms with E-state index in [1.165, 1.54) is 6.92 Å². The minimum absolute atomic E-state index is 0.111. The summed E-state index contributed by atoms with van der Waals surface area (Å²) in [6, 6.07) is 8.41. The van der Waals surface area contributed by atoms with E-state index in [2.05, 4.69) is 50.8 Å². The highest BCUT2D eigenvalue weighted by atomic mass is 28.4. The first kappa shape index (κ1) is 31.7. The molecular formula is C26H41N3O8Si. The van der Waals surface area contributed by atoms with E-state index in [0.717, 1.165) is 5.56 Å². The maximum Gasteiger partial charge on any atom is 0.309 e. The van der Waals surface area contributed by atoms with Gasteiger partial charge in [0.15, 0.2) is 14.6 Å². The molecule has 11 nitrogen and oxygen atoms in total. The van der Waals surface area contributed by atoms with Crippen molar-refractivity contribution in [2.75, 3.05) is 13.2 Å². The Bertz CT molecular complexity index is 968.